The molecule has 20 heavy (non-hydrogen) atoms. The second-order valence-electron chi connectivity index (χ2n) is 4.20. The van der Waals surface area contributed by atoms with Crippen molar-refractivity contribution in [2.45, 2.75) is 19.6 Å². The Morgan fingerprint density at radius 3 is 2.50 bits per heavy atom. The first-order valence-corrected chi connectivity index (χ1v) is 5.51. The van der Waals surface area contributed by atoms with Crippen molar-refractivity contribution in [2.24, 2.45) is 0 Å². The molecule has 0 aliphatic heterocycles. The molecule has 2 aromatic rings. The maximum atomic E-state index is 12.9. The molecule has 0 bridgehead atoms. The van der Waals surface area contributed by atoms with Gasteiger partial charge in [0.25, 0.3) is 0 Å². The summed E-state index contributed by atoms with van der Waals surface area (Å²) in [6.07, 6.45) is -4.77. The van der Waals surface area contributed by atoms with Gasteiger partial charge in [-0.2, -0.15) is 13.2 Å². The molecule has 2 rings (SSSR count). The Balaban J connectivity index is 2.82. The maximum absolute atomic E-state index is 12.9. The normalized spacial score (nSPS) is 11.8. The van der Waals surface area contributed by atoms with Gasteiger partial charge in [0, 0.05) is 0 Å². The van der Waals surface area contributed by atoms with Gasteiger partial charge in [-0.05, 0) is 19.1 Å². The van der Waals surface area contributed by atoms with Crippen LogP contribution in [-0.2, 0) is 17.5 Å². The van der Waals surface area contributed by atoms with E-state index in [0.717, 1.165) is 13.0 Å². The minimum Gasteiger partial charge on any atom is -0.478 e. The third-order valence-electron chi connectivity index (χ3n) is 2.64. The number of aromatic nitrogens is 2. The Morgan fingerprint density at radius 2 is 2.00 bits per heavy atom. The van der Waals surface area contributed by atoms with Gasteiger partial charge in [-0.3, -0.25) is 4.79 Å². The molecule has 0 aliphatic rings. The Bertz CT molecular complexity index is 704. The number of carboxylic acid groups (broad SMARTS) is 1. The van der Waals surface area contributed by atoms with Crippen LogP contribution in [0.3, 0.4) is 0 Å². The number of para-hydroxylation sites is 1. The zero-order valence-corrected chi connectivity index (χ0v) is 10.2. The predicted molar refractivity (Wildman–Crippen MR) is 62.4 cm³/mol. The second-order valence-corrected chi connectivity index (χ2v) is 4.20. The first-order chi connectivity index (χ1) is 9.21. The van der Waals surface area contributed by atoms with E-state index in [1.54, 1.807) is 0 Å². The van der Waals surface area contributed by atoms with Gasteiger partial charge in [-0.1, -0.05) is 6.07 Å². The number of carboxylic acids is 1. The van der Waals surface area contributed by atoms with Crippen LogP contribution in [0.2, 0.25) is 0 Å². The first kappa shape index (κ1) is 14.0. The Hall–Kier alpha value is -2.38. The zero-order chi connectivity index (χ0) is 15.1. The number of imidazole rings is 1. The van der Waals surface area contributed by atoms with Gasteiger partial charge in [0.1, 0.15) is 11.3 Å². The highest BCUT2D eigenvalue weighted by molar-refractivity contribution is 6.01. The van der Waals surface area contributed by atoms with Crippen molar-refractivity contribution in [1.82, 2.24) is 9.55 Å². The van der Waals surface area contributed by atoms with E-state index in [9.17, 15) is 22.8 Å². The van der Waals surface area contributed by atoms with Gasteiger partial charge in [-0.25, -0.2) is 9.78 Å². The van der Waals surface area contributed by atoms with Crippen molar-refractivity contribution in [1.29, 1.82) is 0 Å². The molecular weight excluding hydrogens is 277 g/mol. The van der Waals surface area contributed by atoms with E-state index in [-0.39, 0.29) is 16.6 Å². The number of halogens is 3. The highest BCUT2D eigenvalue weighted by atomic mass is 19.4. The van der Waals surface area contributed by atoms with Crippen molar-refractivity contribution in [3.63, 3.8) is 0 Å². The molecule has 0 fully saturated rings. The number of Topliss-reactive ketones (excluding diaryl/α,β-unsaturated/α-hetero) is 1. The van der Waals surface area contributed by atoms with Crippen LogP contribution in [0.25, 0.3) is 11.0 Å². The third-order valence-corrected chi connectivity index (χ3v) is 2.64. The van der Waals surface area contributed by atoms with Crippen molar-refractivity contribution >= 4 is 22.8 Å². The Labute approximate surface area is 110 Å². The van der Waals surface area contributed by atoms with Crippen molar-refractivity contribution in [3.8, 4) is 0 Å². The van der Waals surface area contributed by atoms with E-state index in [1.165, 1.54) is 12.1 Å². The molecule has 8 heteroatoms. The molecule has 1 N–H and O–H groups in total. The van der Waals surface area contributed by atoms with Crippen molar-refractivity contribution < 1.29 is 27.9 Å². The molecule has 1 aromatic carbocycles. The number of carbonyl (C=O) groups is 2. The number of benzene rings is 1. The summed E-state index contributed by atoms with van der Waals surface area (Å²) in [5.74, 6) is -3.15. The minimum atomic E-state index is -4.77. The largest absolute Gasteiger partial charge is 0.478 e. The van der Waals surface area contributed by atoms with Gasteiger partial charge in [0.05, 0.1) is 17.6 Å². The Kier molecular flexibility index (Phi) is 3.24. The molecular formula is C12H9F3N2O3. The lowest BCUT2D eigenvalue weighted by Gasteiger charge is -2.09. The monoisotopic (exact) mass is 286 g/mol. The Morgan fingerprint density at radius 1 is 1.35 bits per heavy atom. The maximum Gasteiger partial charge on any atom is 0.449 e. The van der Waals surface area contributed by atoms with Crippen LogP contribution in [-0.4, -0.2) is 26.4 Å². The lowest BCUT2D eigenvalue weighted by molar-refractivity contribution is -0.147. The number of carbonyl (C=O) groups excluding carboxylic acids is 1. The van der Waals surface area contributed by atoms with E-state index in [4.69, 9.17) is 5.11 Å². The average molecular weight is 286 g/mol. The van der Waals surface area contributed by atoms with Crippen molar-refractivity contribution in [2.75, 3.05) is 0 Å². The summed E-state index contributed by atoms with van der Waals surface area (Å²) in [6.45, 7) is 0.626. The van der Waals surface area contributed by atoms with E-state index >= 15 is 0 Å². The van der Waals surface area contributed by atoms with Crippen LogP contribution in [0, 0.1) is 0 Å². The van der Waals surface area contributed by atoms with Gasteiger partial charge in [0.15, 0.2) is 0 Å². The molecule has 0 radical (unpaired) electrons. The molecule has 0 aliphatic carbocycles. The fourth-order valence-electron chi connectivity index (χ4n) is 1.92. The summed E-state index contributed by atoms with van der Waals surface area (Å²) in [6, 6.07) is 3.77. The molecule has 1 heterocycles. The molecule has 0 spiro atoms. The number of alkyl halides is 3. The molecule has 0 saturated heterocycles. The number of fused-ring (bicyclic) bond motifs is 1. The molecule has 5 nitrogen and oxygen atoms in total. The number of ketones is 1. The molecule has 0 unspecified atom stereocenters. The highest BCUT2D eigenvalue weighted by Gasteiger charge is 2.38. The minimum absolute atomic E-state index is 0.0348. The van der Waals surface area contributed by atoms with Gasteiger partial charge >= 0.3 is 12.1 Å². The average Bonchev–Trinajstić information content (AvgIpc) is 2.67. The summed E-state index contributed by atoms with van der Waals surface area (Å²) in [5, 5.41) is 8.97. The van der Waals surface area contributed by atoms with E-state index < -0.39 is 30.3 Å². The number of rotatable bonds is 3. The van der Waals surface area contributed by atoms with Crippen LogP contribution >= 0.6 is 0 Å². The fourth-order valence-corrected chi connectivity index (χ4v) is 1.92. The van der Waals surface area contributed by atoms with E-state index in [2.05, 4.69) is 4.98 Å². The summed E-state index contributed by atoms with van der Waals surface area (Å²) >= 11 is 0. The van der Waals surface area contributed by atoms with Crippen LogP contribution in [0.1, 0.15) is 23.1 Å². The topological polar surface area (TPSA) is 72.2 Å². The lowest BCUT2D eigenvalue weighted by Crippen LogP contribution is -2.17. The van der Waals surface area contributed by atoms with Gasteiger partial charge in [0.2, 0.25) is 5.82 Å². The van der Waals surface area contributed by atoms with Gasteiger partial charge < -0.3 is 9.67 Å². The summed E-state index contributed by atoms with van der Waals surface area (Å²) in [5.41, 5.74) is -0.656. The number of hydrogen-bond donors (Lipinski definition) is 1. The van der Waals surface area contributed by atoms with Crippen LogP contribution < -0.4 is 0 Å². The predicted octanol–water partition coefficient (Wildman–Crippen LogP) is 2.34. The molecule has 0 saturated carbocycles. The molecule has 0 amide bonds. The quantitative estimate of drug-likeness (QED) is 0.940. The van der Waals surface area contributed by atoms with Crippen LogP contribution in [0.5, 0.6) is 0 Å². The molecule has 0 atom stereocenters. The van der Waals surface area contributed by atoms with E-state index in [1.807, 2.05) is 0 Å². The SMILES string of the molecule is CC(=O)Cn1c(C(F)(F)F)nc2c(C(=O)O)cccc21. The second kappa shape index (κ2) is 4.62. The third kappa shape index (κ3) is 2.36. The van der Waals surface area contributed by atoms with Crippen molar-refractivity contribution in [3.05, 3.63) is 29.6 Å². The van der Waals surface area contributed by atoms with Crippen LogP contribution in [0.4, 0.5) is 13.2 Å². The fraction of sp³-hybridized carbons (Fsp3) is 0.250. The number of hydrogen-bond acceptors (Lipinski definition) is 3. The highest BCUT2D eigenvalue weighted by Crippen LogP contribution is 2.32. The first-order valence-electron chi connectivity index (χ1n) is 5.51. The lowest BCUT2D eigenvalue weighted by atomic mass is 10.2. The van der Waals surface area contributed by atoms with E-state index in [0.29, 0.717) is 4.57 Å². The molecule has 106 valence electrons. The standard InChI is InChI=1S/C12H9F3N2O3/c1-6(18)5-17-8-4-2-3-7(10(19)20)9(8)16-11(17)12(13,14)15/h2-4H,5H2,1H3,(H,19,20). The summed E-state index contributed by atoms with van der Waals surface area (Å²) in [7, 11) is 0. The summed E-state index contributed by atoms with van der Waals surface area (Å²) in [4.78, 5) is 25.5. The summed E-state index contributed by atoms with van der Waals surface area (Å²) < 4.78 is 39.5. The van der Waals surface area contributed by atoms with Gasteiger partial charge in [-0.15, -0.1) is 0 Å². The molecule has 1 aromatic heterocycles. The van der Waals surface area contributed by atoms with Crippen LogP contribution in [0.15, 0.2) is 18.2 Å². The number of aromatic carboxylic acids is 1. The smallest absolute Gasteiger partial charge is 0.449 e. The number of nitrogens with zero attached hydrogens (tertiary/aromatic N) is 2. The zero-order valence-electron chi connectivity index (χ0n) is 10.2.